The molecule has 0 bridgehead atoms. The van der Waals surface area contributed by atoms with Gasteiger partial charge in [-0.2, -0.15) is 0 Å². The number of hydrogen-bond donors (Lipinski definition) is 1. The van der Waals surface area contributed by atoms with Crippen LogP contribution < -0.4 is 10.2 Å². The summed E-state index contributed by atoms with van der Waals surface area (Å²) in [6.07, 6.45) is 4.51. The minimum atomic E-state index is -0.131. The van der Waals surface area contributed by atoms with E-state index in [0.717, 1.165) is 18.5 Å². The Kier molecular flexibility index (Phi) is 4.32. The molecule has 0 unspecified atom stereocenters. The average molecular weight is 296 g/mol. The minimum absolute atomic E-state index is 0.131. The predicted molar refractivity (Wildman–Crippen MR) is 86.3 cm³/mol. The number of aromatic nitrogens is 2. The van der Waals surface area contributed by atoms with E-state index in [2.05, 4.69) is 15.5 Å². The zero-order valence-corrected chi connectivity index (χ0v) is 12.7. The van der Waals surface area contributed by atoms with Crippen molar-refractivity contribution in [1.82, 2.24) is 15.5 Å². The topological polar surface area (TPSA) is 58.1 Å². The Hall–Kier alpha value is -2.43. The molecule has 1 heterocycles. The summed E-state index contributed by atoms with van der Waals surface area (Å²) in [6, 6.07) is 13.8. The highest BCUT2D eigenvalue weighted by Crippen LogP contribution is 2.21. The van der Waals surface area contributed by atoms with E-state index < -0.39 is 0 Å². The largest absolute Gasteiger partial charge is 0.348 e. The summed E-state index contributed by atoms with van der Waals surface area (Å²) in [4.78, 5) is 14.1. The Labute approximate surface area is 130 Å². The molecule has 2 aromatic rings. The lowest BCUT2D eigenvalue weighted by molar-refractivity contribution is 0.0932. The first kappa shape index (κ1) is 14.5. The Morgan fingerprint density at radius 2 is 1.82 bits per heavy atom. The Balaban J connectivity index is 1.68. The first-order valence-corrected chi connectivity index (χ1v) is 7.67. The van der Waals surface area contributed by atoms with Crippen LogP contribution in [-0.4, -0.2) is 29.2 Å². The molecule has 5 nitrogen and oxygen atoms in total. The van der Waals surface area contributed by atoms with Crippen molar-refractivity contribution in [2.75, 3.05) is 11.9 Å². The van der Waals surface area contributed by atoms with E-state index in [1.165, 1.54) is 12.8 Å². The zero-order valence-electron chi connectivity index (χ0n) is 12.7. The maximum Gasteiger partial charge on any atom is 0.272 e. The number of carbonyl (C=O) groups excluding carboxylic acids is 1. The molecule has 114 valence electrons. The number of amides is 1. The molecule has 3 rings (SSSR count). The molecule has 1 aromatic heterocycles. The molecule has 0 atom stereocenters. The fourth-order valence-corrected chi connectivity index (χ4v) is 2.74. The fraction of sp³-hybridized carbons (Fsp3) is 0.353. The summed E-state index contributed by atoms with van der Waals surface area (Å²) in [5, 5.41) is 11.2. The highest BCUT2D eigenvalue weighted by Gasteiger charge is 2.19. The summed E-state index contributed by atoms with van der Waals surface area (Å²) in [5.74, 6) is 0.580. The molecule has 1 aliphatic carbocycles. The van der Waals surface area contributed by atoms with Gasteiger partial charge in [0.05, 0.1) is 0 Å². The summed E-state index contributed by atoms with van der Waals surface area (Å²) in [7, 11) is 1.93. The van der Waals surface area contributed by atoms with Gasteiger partial charge in [0.25, 0.3) is 5.91 Å². The van der Waals surface area contributed by atoms with Crippen LogP contribution in [0.2, 0.25) is 0 Å². The van der Waals surface area contributed by atoms with Gasteiger partial charge in [-0.05, 0) is 37.1 Å². The van der Waals surface area contributed by atoms with Gasteiger partial charge in [0, 0.05) is 18.8 Å². The normalized spacial score (nSPS) is 14.8. The summed E-state index contributed by atoms with van der Waals surface area (Å²) >= 11 is 0. The quantitative estimate of drug-likeness (QED) is 0.942. The average Bonchev–Trinajstić information content (AvgIpc) is 3.08. The van der Waals surface area contributed by atoms with Crippen LogP contribution in [0, 0.1) is 0 Å². The second-order valence-corrected chi connectivity index (χ2v) is 5.63. The second-order valence-electron chi connectivity index (χ2n) is 5.63. The molecular weight excluding hydrogens is 276 g/mol. The van der Waals surface area contributed by atoms with E-state index in [1.54, 1.807) is 6.07 Å². The van der Waals surface area contributed by atoms with Crippen molar-refractivity contribution in [2.45, 2.75) is 31.7 Å². The monoisotopic (exact) mass is 296 g/mol. The maximum absolute atomic E-state index is 12.1. The molecule has 0 radical (unpaired) electrons. The lowest BCUT2D eigenvalue weighted by Crippen LogP contribution is -2.33. The van der Waals surface area contributed by atoms with Crippen LogP contribution in [0.5, 0.6) is 0 Å². The van der Waals surface area contributed by atoms with Crippen molar-refractivity contribution in [3.8, 4) is 0 Å². The van der Waals surface area contributed by atoms with Crippen molar-refractivity contribution in [1.29, 1.82) is 0 Å². The third-order valence-corrected chi connectivity index (χ3v) is 4.06. The van der Waals surface area contributed by atoms with E-state index in [0.29, 0.717) is 17.6 Å². The summed E-state index contributed by atoms with van der Waals surface area (Å²) in [5.41, 5.74) is 1.40. The lowest BCUT2D eigenvalue weighted by atomic mass is 10.2. The van der Waals surface area contributed by atoms with E-state index in [9.17, 15) is 4.79 Å². The van der Waals surface area contributed by atoms with Gasteiger partial charge in [-0.1, -0.05) is 31.0 Å². The van der Waals surface area contributed by atoms with E-state index >= 15 is 0 Å². The van der Waals surface area contributed by atoms with Gasteiger partial charge in [-0.3, -0.25) is 4.79 Å². The van der Waals surface area contributed by atoms with Gasteiger partial charge in [-0.25, -0.2) is 0 Å². The standard InChI is InChI=1S/C17H20N4O/c1-21(14-9-3-2-4-10-14)16-12-11-15(19-20-16)17(22)18-13-7-5-6-8-13/h2-4,9-13H,5-8H2,1H3,(H,18,22). The number of para-hydroxylation sites is 1. The molecule has 22 heavy (non-hydrogen) atoms. The minimum Gasteiger partial charge on any atom is -0.348 e. The molecule has 1 saturated carbocycles. The number of nitrogens with one attached hydrogen (secondary N) is 1. The van der Waals surface area contributed by atoms with Crippen LogP contribution in [0.25, 0.3) is 0 Å². The number of hydrogen-bond acceptors (Lipinski definition) is 4. The molecule has 0 saturated heterocycles. The van der Waals surface area contributed by atoms with Gasteiger partial charge >= 0.3 is 0 Å². The van der Waals surface area contributed by atoms with Crippen molar-refractivity contribution < 1.29 is 4.79 Å². The van der Waals surface area contributed by atoms with Crippen LogP contribution >= 0.6 is 0 Å². The third-order valence-electron chi connectivity index (χ3n) is 4.06. The first-order valence-electron chi connectivity index (χ1n) is 7.67. The summed E-state index contributed by atoms with van der Waals surface area (Å²) in [6.45, 7) is 0. The number of anilines is 2. The van der Waals surface area contributed by atoms with Crippen LogP contribution in [0.15, 0.2) is 42.5 Å². The third kappa shape index (κ3) is 3.24. The van der Waals surface area contributed by atoms with Gasteiger partial charge in [0.15, 0.2) is 11.5 Å². The van der Waals surface area contributed by atoms with Crippen molar-refractivity contribution >= 4 is 17.4 Å². The van der Waals surface area contributed by atoms with E-state index in [1.807, 2.05) is 48.3 Å². The van der Waals surface area contributed by atoms with Crippen molar-refractivity contribution in [2.24, 2.45) is 0 Å². The molecule has 1 amide bonds. The van der Waals surface area contributed by atoms with Crippen LogP contribution in [0.3, 0.4) is 0 Å². The van der Waals surface area contributed by atoms with Gasteiger partial charge in [-0.15, -0.1) is 10.2 Å². The summed E-state index contributed by atoms with van der Waals surface area (Å²) < 4.78 is 0. The van der Waals surface area contributed by atoms with Crippen LogP contribution in [-0.2, 0) is 0 Å². The highest BCUT2D eigenvalue weighted by atomic mass is 16.2. The number of rotatable bonds is 4. The highest BCUT2D eigenvalue weighted by molar-refractivity contribution is 5.92. The van der Waals surface area contributed by atoms with E-state index in [-0.39, 0.29) is 5.91 Å². The molecule has 1 aliphatic rings. The number of nitrogens with zero attached hydrogens (tertiary/aromatic N) is 3. The van der Waals surface area contributed by atoms with Gasteiger partial charge in [0.2, 0.25) is 0 Å². The van der Waals surface area contributed by atoms with Gasteiger partial charge < -0.3 is 10.2 Å². The molecular formula is C17H20N4O. The first-order chi connectivity index (χ1) is 10.7. The molecule has 0 aliphatic heterocycles. The predicted octanol–water partition coefficient (Wildman–Crippen LogP) is 2.92. The molecule has 5 heteroatoms. The SMILES string of the molecule is CN(c1ccccc1)c1ccc(C(=O)NC2CCCC2)nn1. The second kappa shape index (κ2) is 6.56. The van der Waals surface area contributed by atoms with E-state index in [4.69, 9.17) is 0 Å². The molecule has 1 N–H and O–H groups in total. The Bertz CT molecular complexity index is 621. The number of benzene rings is 1. The Morgan fingerprint density at radius 1 is 1.09 bits per heavy atom. The van der Waals surface area contributed by atoms with Crippen molar-refractivity contribution in [3.63, 3.8) is 0 Å². The zero-order chi connectivity index (χ0) is 15.4. The smallest absolute Gasteiger partial charge is 0.272 e. The Morgan fingerprint density at radius 3 is 2.45 bits per heavy atom. The molecule has 0 spiro atoms. The maximum atomic E-state index is 12.1. The fourth-order valence-electron chi connectivity index (χ4n) is 2.74. The number of carbonyl (C=O) groups is 1. The van der Waals surface area contributed by atoms with Crippen LogP contribution in [0.1, 0.15) is 36.2 Å². The molecule has 1 aromatic carbocycles. The van der Waals surface area contributed by atoms with Crippen LogP contribution in [0.4, 0.5) is 11.5 Å². The lowest BCUT2D eigenvalue weighted by Gasteiger charge is -2.17. The van der Waals surface area contributed by atoms with Gasteiger partial charge in [0.1, 0.15) is 0 Å². The van der Waals surface area contributed by atoms with Crippen molar-refractivity contribution in [3.05, 3.63) is 48.2 Å². The molecule has 1 fully saturated rings.